The monoisotopic (exact) mass is 298 g/mol. The second-order valence-electron chi connectivity index (χ2n) is 5.40. The summed E-state index contributed by atoms with van der Waals surface area (Å²) in [5, 5.41) is 13.4. The lowest BCUT2D eigenvalue weighted by Crippen LogP contribution is -2.33. The zero-order valence-electron chi connectivity index (χ0n) is 13.0. The molecule has 3 nitrogen and oxygen atoms in total. The minimum Gasteiger partial charge on any atom is -0.395 e. The van der Waals surface area contributed by atoms with Gasteiger partial charge in [-0.15, -0.1) is 0 Å². The highest BCUT2D eigenvalue weighted by molar-refractivity contribution is 6.33. The number of benzene rings is 1. The molecule has 0 heterocycles. The van der Waals surface area contributed by atoms with Crippen molar-refractivity contribution in [3.63, 3.8) is 0 Å². The van der Waals surface area contributed by atoms with Crippen molar-refractivity contribution in [2.24, 2.45) is 0 Å². The molecule has 0 fully saturated rings. The van der Waals surface area contributed by atoms with E-state index in [1.165, 1.54) is 5.56 Å². The second kappa shape index (κ2) is 8.50. The molecule has 4 heteroatoms. The topological polar surface area (TPSA) is 35.5 Å². The van der Waals surface area contributed by atoms with E-state index in [-0.39, 0.29) is 6.61 Å². The van der Waals surface area contributed by atoms with Crippen LogP contribution in [0.3, 0.4) is 0 Å². The number of halogens is 1. The third kappa shape index (κ3) is 4.65. The van der Waals surface area contributed by atoms with Crippen LogP contribution in [0.2, 0.25) is 5.02 Å². The van der Waals surface area contributed by atoms with Crippen LogP contribution >= 0.6 is 11.6 Å². The number of nitrogens with one attached hydrogen (secondary N) is 1. The molecule has 0 aliphatic carbocycles. The number of hydrogen-bond acceptors (Lipinski definition) is 3. The number of aliphatic hydroxyl groups is 1. The van der Waals surface area contributed by atoms with Crippen LogP contribution in [0, 0.1) is 0 Å². The number of hydrogen-bond donors (Lipinski definition) is 2. The van der Waals surface area contributed by atoms with Gasteiger partial charge in [-0.2, -0.15) is 0 Å². The predicted molar refractivity (Wildman–Crippen MR) is 87.7 cm³/mol. The lowest BCUT2D eigenvalue weighted by Gasteiger charge is -2.29. The van der Waals surface area contributed by atoms with Gasteiger partial charge in [-0.05, 0) is 51.4 Å². The highest BCUT2D eigenvalue weighted by atomic mass is 35.5. The zero-order chi connectivity index (χ0) is 15.1. The Morgan fingerprint density at radius 1 is 1.30 bits per heavy atom. The molecule has 0 aliphatic heterocycles. The molecule has 0 radical (unpaired) electrons. The number of nitrogens with zero attached hydrogens (tertiary/aromatic N) is 1. The Morgan fingerprint density at radius 3 is 2.50 bits per heavy atom. The van der Waals surface area contributed by atoms with Crippen molar-refractivity contribution in [3.8, 4) is 0 Å². The molecule has 0 saturated heterocycles. The molecule has 0 aliphatic rings. The predicted octanol–water partition coefficient (Wildman–Crippen LogP) is 3.61. The van der Waals surface area contributed by atoms with Gasteiger partial charge in [0, 0.05) is 18.6 Å². The molecule has 1 unspecified atom stereocenters. The van der Waals surface area contributed by atoms with Gasteiger partial charge in [-0.3, -0.25) is 0 Å². The quantitative estimate of drug-likeness (QED) is 0.769. The summed E-state index contributed by atoms with van der Waals surface area (Å²) in [6.45, 7) is 10.2. The fourth-order valence-electron chi connectivity index (χ4n) is 2.27. The first kappa shape index (κ1) is 17.3. The lowest BCUT2D eigenvalue weighted by atomic mass is 10.1. The molecule has 0 spiro atoms. The fourth-order valence-corrected chi connectivity index (χ4v) is 2.57. The minimum absolute atomic E-state index is 0.130. The van der Waals surface area contributed by atoms with E-state index < -0.39 is 0 Å². The van der Waals surface area contributed by atoms with E-state index in [2.05, 4.69) is 50.0 Å². The molecular weight excluding hydrogens is 272 g/mol. The Kier molecular flexibility index (Phi) is 7.35. The van der Waals surface area contributed by atoms with E-state index in [0.29, 0.717) is 18.6 Å². The van der Waals surface area contributed by atoms with Gasteiger partial charge in [-0.25, -0.2) is 0 Å². The zero-order valence-corrected chi connectivity index (χ0v) is 13.7. The standard InChI is InChI=1S/C16H27ClN2O/c1-5-8-18-13(4)14-6-7-16(15(17)11-14)19(9-10-20)12(2)3/h6-7,11-13,18,20H,5,8-10H2,1-4H3. The molecular formula is C16H27ClN2O. The van der Waals surface area contributed by atoms with Crippen LogP contribution in [0.4, 0.5) is 5.69 Å². The van der Waals surface area contributed by atoms with Crippen molar-refractivity contribution in [2.75, 3.05) is 24.6 Å². The summed E-state index contributed by atoms with van der Waals surface area (Å²) >= 11 is 6.43. The van der Waals surface area contributed by atoms with Crippen LogP contribution in [-0.4, -0.2) is 30.8 Å². The molecule has 114 valence electrons. The molecule has 0 saturated carbocycles. The Bertz CT molecular complexity index is 409. The summed E-state index contributed by atoms with van der Waals surface area (Å²) < 4.78 is 0. The Balaban J connectivity index is 2.91. The molecule has 1 atom stereocenters. The van der Waals surface area contributed by atoms with Crippen molar-refractivity contribution in [2.45, 2.75) is 46.2 Å². The SMILES string of the molecule is CCCNC(C)c1ccc(N(CCO)C(C)C)c(Cl)c1. The summed E-state index contributed by atoms with van der Waals surface area (Å²) in [5.41, 5.74) is 2.18. The highest BCUT2D eigenvalue weighted by Gasteiger charge is 2.15. The normalized spacial score (nSPS) is 12.8. The molecule has 1 aromatic rings. The van der Waals surface area contributed by atoms with Gasteiger partial charge in [0.2, 0.25) is 0 Å². The van der Waals surface area contributed by atoms with Gasteiger partial charge < -0.3 is 15.3 Å². The van der Waals surface area contributed by atoms with E-state index in [4.69, 9.17) is 11.6 Å². The molecule has 0 amide bonds. The maximum atomic E-state index is 9.18. The first-order valence-corrected chi connectivity index (χ1v) is 7.79. The van der Waals surface area contributed by atoms with Gasteiger partial charge in [0.15, 0.2) is 0 Å². The largest absolute Gasteiger partial charge is 0.395 e. The third-order valence-electron chi connectivity index (χ3n) is 3.45. The maximum Gasteiger partial charge on any atom is 0.0643 e. The van der Waals surface area contributed by atoms with Gasteiger partial charge in [0.1, 0.15) is 0 Å². The molecule has 0 aromatic heterocycles. The first-order chi connectivity index (χ1) is 9.51. The van der Waals surface area contributed by atoms with Crippen molar-refractivity contribution >= 4 is 17.3 Å². The molecule has 1 aromatic carbocycles. The van der Waals surface area contributed by atoms with E-state index in [0.717, 1.165) is 23.7 Å². The van der Waals surface area contributed by atoms with Crippen molar-refractivity contribution in [1.82, 2.24) is 5.32 Å². The summed E-state index contributed by atoms with van der Waals surface area (Å²) in [7, 11) is 0. The number of rotatable bonds is 8. The fraction of sp³-hybridized carbons (Fsp3) is 0.625. The molecule has 1 rings (SSSR count). The van der Waals surface area contributed by atoms with Gasteiger partial charge in [-0.1, -0.05) is 24.6 Å². The Labute approximate surface area is 127 Å². The van der Waals surface area contributed by atoms with Crippen LogP contribution in [0.15, 0.2) is 18.2 Å². The van der Waals surface area contributed by atoms with E-state index in [9.17, 15) is 5.11 Å². The Hall–Kier alpha value is -0.770. The van der Waals surface area contributed by atoms with E-state index >= 15 is 0 Å². The van der Waals surface area contributed by atoms with Crippen molar-refractivity contribution in [1.29, 1.82) is 0 Å². The minimum atomic E-state index is 0.130. The highest BCUT2D eigenvalue weighted by Crippen LogP contribution is 2.30. The summed E-state index contributed by atoms with van der Waals surface area (Å²) in [6, 6.07) is 6.79. The average Bonchev–Trinajstić information content (AvgIpc) is 2.42. The lowest BCUT2D eigenvalue weighted by molar-refractivity contribution is 0.299. The molecule has 20 heavy (non-hydrogen) atoms. The van der Waals surface area contributed by atoms with Gasteiger partial charge in [0.05, 0.1) is 17.3 Å². The number of anilines is 1. The van der Waals surface area contributed by atoms with Crippen molar-refractivity contribution in [3.05, 3.63) is 28.8 Å². The third-order valence-corrected chi connectivity index (χ3v) is 3.75. The van der Waals surface area contributed by atoms with E-state index in [1.54, 1.807) is 0 Å². The van der Waals surface area contributed by atoms with E-state index in [1.807, 2.05) is 6.07 Å². The van der Waals surface area contributed by atoms with Crippen LogP contribution < -0.4 is 10.2 Å². The first-order valence-electron chi connectivity index (χ1n) is 7.41. The van der Waals surface area contributed by atoms with Gasteiger partial charge >= 0.3 is 0 Å². The van der Waals surface area contributed by atoms with Crippen LogP contribution in [-0.2, 0) is 0 Å². The Morgan fingerprint density at radius 2 is 2.00 bits per heavy atom. The van der Waals surface area contributed by atoms with Crippen LogP contribution in [0.1, 0.15) is 45.7 Å². The van der Waals surface area contributed by atoms with Crippen molar-refractivity contribution < 1.29 is 5.11 Å². The molecule has 0 bridgehead atoms. The van der Waals surface area contributed by atoms with Gasteiger partial charge in [0.25, 0.3) is 0 Å². The smallest absolute Gasteiger partial charge is 0.0643 e. The maximum absolute atomic E-state index is 9.18. The summed E-state index contributed by atoms with van der Waals surface area (Å²) in [4.78, 5) is 2.12. The second-order valence-corrected chi connectivity index (χ2v) is 5.80. The average molecular weight is 299 g/mol. The summed E-state index contributed by atoms with van der Waals surface area (Å²) in [6.07, 6.45) is 1.12. The van der Waals surface area contributed by atoms with Crippen LogP contribution in [0.5, 0.6) is 0 Å². The number of aliphatic hydroxyl groups excluding tert-OH is 1. The van der Waals surface area contributed by atoms with Crippen LogP contribution in [0.25, 0.3) is 0 Å². The molecule has 2 N–H and O–H groups in total. The summed E-state index contributed by atoms with van der Waals surface area (Å²) in [5.74, 6) is 0.